The Labute approximate surface area is 221 Å². The van der Waals surface area contributed by atoms with E-state index in [4.69, 9.17) is 9.47 Å². The average Bonchev–Trinajstić information content (AvgIpc) is 2.95. The number of nitrogens with one attached hydrogen (secondary N) is 1. The fraction of sp³-hybridized carbons (Fsp3) is 0.276. The van der Waals surface area contributed by atoms with Crippen LogP contribution in [-0.2, 0) is 11.2 Å². The first-order valence-electron chi connectivity index (χ1n) is 12.5. The van der Waals surface area contributed by atoms with Gasteiger partial charge in [-0.05, 0) is 29.8 Å². The lowest BCUT2D eigenvalue weighted by atomic mass is 10.0. The molecule has 196 valence electrons. The van der Waals surface area contributed by atoms with E-state index in [0.29, 0.717) is 44.1 Å². The molecule has 9 heteroatoms. The number of hydrogen-bond acceptors (Lipinski definition) is 7. The highest BCUT2D eigenvalue weighted by Gasteiger charge is 2.24. The third-order valence-corrected chi connectivity index (χ3v) is 6.74. The molecule has 0 aliphatic carbocycles. The van der Waals surface area contributed by atoms with E-state index in [1.165, 1.54) is 6.07 Å². The van der Waals surface area contributed by atoms with Crippen LogP contribution in [0.15, 0.2) is 66.7 Å². The molecule has 1 fully saturated rings. The maximum atomic E-state index is 13.9. The van der Waals surface area contributed by atoms with Gasteiger partial charge in [0.2, 0.25) is 5.91 Å². The zero-order valence-corrected chi connectivity index (χ0v) is 21.5. The Bertz CT molecular complexity index is 1420. The minimum absolute atomic E-state index is 0.190. The fourth-order valence-electron chi connectivity index (χ4n) is 4.74. The third kappa shape index (κ3) is 5.52. The third-order valence-electron chi connectivity index (χ3n) is 6.74. The van der Waals surface area contributed by atoms with Crippen LogP contribution in [0.3, 0.4) is 0 Å². The number of amides is 1. The van der Waals surface area contributed by atoms with Gasteiger partial charge in [-0.25, -0.2) is 4.39 Å². The molecule has 0 bridgehead atoms. The highest BCUT2D eigenvalue weighted by atomic mass is 19.1. The number of halogens is 1. The second-order valence-electron chi connectivity index (χ2n) is 9.18. The molecule has 1 N–H and O–H groups in total. The summed E-state index contributed by atoms with van der Waals surface area (Å²) in [5, 5.41) is 13.8. The van der Waals surface area contributed by atoms with Gasteiger partial charge in [-0.3, -0.25) is 9.69 Å². The summed E-state index contributed by atoms with van der Waals surface area (Å²) in [5.41, 5.74) is 2.20. The number of benzene rings is 3. The van der Waals surface area contributed by atoms with Crippen molar-refractivity contribution in [3.05, 3.63) is 83.8 Å². The van der Waals surface area contributed by atoms with E-state index in [-0.39, 0.29) is 18.1 Å². The predicted octanol–water partition coefficient (Wildman–Crippen LogP) is 4.14. The zero-order valence-electron chi connectivity index (χ0n) is 21.5. The molecule has 5 rings (SSSR count). The highest BCUT2D eigenvalue weighted by Crippen LogP contribution is 2.37. The van der Waals surface area contributed by atoms with E-state index in [1.54, 1.807) is 32.4 Å². The Morgan fingerprint density at radius 2 is 1.55 bits per heavy atom. The molecular weight excluding hydrogens is 485 g/mol. The molecule has 1 saturated heterocycles. The molecule has 3 aromatic carbocycles. The number of rotatable bonds is 8. The molecule has 8 nitrogen and oxygen atoms in total. The van der Waals surface area contributed by atoms with Crippen molar-refractivity contribution in [2.45, 2.75) is 6.42 Å². The number of fused-ring (bicyclic) bond motifs is 1. The minimum Gasteiger partial charge on any atom is -0.493 e. The maximum absolute atomic E-state index is 13.9. The number of methoxy groups -OCH3 is 2. The summed E-state index contributed by atoms with van der Waals surface area (Å²) in [7, 11) is 3.24. The van der Waals surface area contributed by atoms with Crippen LogP contribution in [0.4, 0.5) is 15.9 Å². The lowest BCUT2D eigenvalue weighted by Crippen LogP contribution is -2.49. The summed E-state index contributed by atoms with van der Waals surface area (Å²) >= 11 is 0. The molecule has 0 saturated carbocycles. The van der Waals surface area contributed by atoms with Crippen molar-refractivity contribution in [1.29, 1.82) is 0 Å². The number of ether oxygens (including phenoxy) is 2. The van der Waals surface area contributed by atoms with Crippen molar-refractivity contribution in [1.82, 2.24) is 15.1 Å². The number of anilines is 2. The van der Waals surface area contributed by atoms with Crippen molar-refractivity contribution in [3.8, 4) is 11.5 Å². The van der Waals surface area contributed by atoms with Gasteiger partial charge in [-0.15, -0.1) is 5.10 Å². The summed E-state index contributed by atoms with van der Waals surface area (Å²) in [5.74, 6) is 1.35. The van der Waals surface area contributed by atoms with E-state index < -0.39 is 5.82 Å². The first-order chi connectivity index (χ1) is 18.6. The van der Waals surface area contributed by atoms with Gasteiger partial charge in [0.1, 0.15) is 5.82 Å². The molecule has 0 unspecified atom stereocenters. The molecular formula is C29H30FN5O3. The molecule has 1 aromatic heterocycles. The Kier molecular flexibility index (Phi) is 7.65. The zero-order chi connectivity index (χ0) is 26.5. The second kappa shape index (κ2) is 11.4. The van der Waals surface area contributed by atoms with Gasteiger partial charge in [0.15, 0.2) is 17.3 Å². The van der Waals surface area contributed by atoms with Gasteiger partial charge < -0.3 is 19.7 Å². The van der Waals surface area contributed by atoms with Gasteiger partial charge in [-0.1, -0.05) is 42.5 Å². The standard InChI is InChI=1S/C29H30FN5O3/c1-37-26-17-21-22(18-27(26)38-2)29(33-32-25(21)16-20-8-4-3-5-9-20)35-14-12-34(13-15-35)19-28(36)31-24-11-7-6-10-23(24)30/h3-11,17-18H,12-16,19H2,1-2H3,(H,31,36). The van der Waals surface area contributed by atoms with Gasteiger partial charge in [-0.2, -0.15) is 5.10 Å². The average molecular weight is 516 g/mol. The largest absolute Gasteiger partial charge is 0.493 e. The monoisotopic (exact) mass is 515 g/mol. The first-order valence-corrected chi connectivity index (χ1v) is 12.5. The Morgan fingerprint density at radius 3 is 2.24 bits per heavy atom. The SMILES string of the molecule is COc1cc2c(Cc3ccccc3)nnc(N3CCN(CC(=O)Nc4ccccc4F)CC3)c2cc1OC. The van der Waals surface area contributed by atoms with Crippen molar-refractivity contribution in [2.24, 2.45) is 0 Å². The van der Waals surface area contributed by atoms with E-state index in [2.05, 4.69) is 37.4 Å². The summed E-state index contributed by atoms with van der Waals surface area (Å²) in [4.78, 5) is 16.7. The van der Waals surface area contributed by atoms with Crippen LogP contribution in [0.25, 0.3) is 10.8 Å². The number of piperazine rings is 1. The summed E-state index contributed by atoms with van der Waals surface area (Å²) < 4.78 is 25.1. The van der Waals surface area contributed by atoms with Crippen LogP contribution < -0.4 is 19.7 Å². The minimum atomic E-state index is -0.445. The topological polar surface area (TPSA) is 79.8 Å². The van der Waals surface area contributed by atoms with E-state index in [9.17, 15) is 9.18 Å². The van der Waals surface area contributed by atoms with Crippen LogP contribution >= 0.6 is 0 Å². The normalized spacial score (nSPS) is 13.9. The second-order valence-corrected chi connectivity index (χ2v) is 9.18. The highest BCUT2D eigenvalue weighted by molar-refractivity contribution is 5.96. The fourth-order valence-corrected chi connectivity index (χ4v) is 4.74. The van der Waals surface area contributed by atoms with Crippen LogP contribution in [0.5, 0.6) is 11.5 Å². The van der Waals surface area contributed by atoms with Gasteiger partial charge in [0, 0.05) is 43.4 Å². The number of carbonyl (C=O) groups is 1. The van der Waals surface area contributed by atoms with Crippen LogP contribution in [0, 0.1) is 5.82 Å². The molecule has 1 aliphatic heterocycles. The number of para-hydroxylation sites is 1. The van der Waals surface area contributed by atoms with Crippen molar-refractivity contribution < 1.29 is 18.7 Å². The molecule has 0 spiro atoms. The molecule has 1 aliphatic rings. The van der Waals surface area contributed by atoms with Crippen molar-refractivity contribution in [2.75, 3.05) is 57.2 Å². The van der Waals surface area contributed by atoms with Crippen molar-refractivity contribution >= 4 is 28.2 Å². The number of aromatic nitrogens is 2. The van der Waals surface area contributed by atoms with Gasteiger partial charge in [0.25, 0.3) is 0 Å². The smallest absolute Gasteiger partial charge is 0.238 e. The quantitative estimate of drug-likeness (QED) is 0.378. The van der Waals surface area contributed by atoms with Crippen LogP contribution in [-0.4, -0.2) is 67.9 Å². The van der Waals surface area contributed by atoms with Gasteiger partial charge in [0.05, 0.1) is 32.1 Å². The molecule has 0 atom stereocenters. The summed E-state index contributed by atoms with van der Waals surface area (Å²) in [6.07, 6.45) is 0.644. The Morgan fingerprint density at radius 1 is 0.895 bits per heavy atom. The maximum Gasteiger partial charge on any atom is 0.238 e. The summed E-state index contributed by atoms with van der Waals surface area (Å²) in [6, 6.07) is 20.3. The Balaban J connectivity index is 1.35. The van der Waals surface area contributed by atoms with E-state index in [1.807, 2.05) is 30.3 Å². The molecule has 0 radical (unpaired) electrons. The van der Waals surface area contributed by atoms with E-state index >= 15 is 0 Å². The van der Waals surface area contributed by atoms with E-state index in [0.717, 1.165) is 27.8 Å². The van der Waals surface area contributed by atoms with Crippen molar-refractivity contribution in [3.63, 3.8) is 0 Å². The number of hydrogen-bond donors (Lipinski definition) is 1. The lowest BCUT2D eigenvalue weighted by Gasteiger charge is -2.35. The lowest BCUT2D eigenvalue weighted by molar-refractivity contribution is -0.117. The first kappa shape index (κ1) is 25.4. The Hall–Kier alpha value is -4.24. The molecule has 1 amide bonds. The number of carbonyl (C=O) groups excluding carboxylic acids is 1. The summed E-state index contributed by atoms with van der Waals surface area (Å²) in [6.45, 7) is 2.85. The molecule has 4 aromatic rings. The van der Waals surface area contributed by atoms with Crippen LogP contribution in [0.2, 0.25) is 0 Å². The van der Waals surface area contributed by atoms with Gasteiger partial charge >= 0.3 is 0 Å². The molecule has 2 heterocycles. The molecule has 38 heavy (non-hydrogen) atoms. The number of nitrogens with zero attached hydrogens (tertiary/aromatic N) is 4. The van der Waals surface area contributed by atoms with Crippen LogP contribution in [0.1, 0.15) is 11.3 Å². The predicted molar refractivity (Wildman–Crippen MR) is 146 cm³/mol.